The molecule has 30 heavy (non-hydrogen) atoms. The zero-order chi connectivity index (χ0) is 21.1. The summed E-state index contributed by atoms with van der Waals surface area (Å²) in [5, 5.41) is 7.46. The van der Waals surface area contributed by atoms with Gasteiger partial charge in [-0.25, -0.2) is 9.37 Å². The first kappa shape index (κ1) is 19.8. The number of thiophene rings is 1. The van der Waals surface area contributed by atoms with E-state index in [0.717, 1.165) is 16.9 Å². The Bertz CT molecular complexity index is 1220. The second-order valence-corrected chi connectivity index (χ2v) is 7.66. The van der Waals surface area contributed by atoms with Gasteiger partial charge < -0.3 is 15.2 Å². The molecule has 0 atom stereocenters. The van der Waals surface area contributed by atoms with Crippen LogP contribution in [-0.4, -0.2) is 27.9 Å². The number of carbonyl (C=O) groups excluding carboxylic acids is 2. The molecule has 0 aliphatic heterocycles. The summed E-state index contributed by atoms with van der Waals surface area (Å²) in [6.07, 6.45) is 0.488. The molecule has 4 aromatic rings. The predicted octanol–water partition coefficient (Wildman–Crippen LogP) is 4.00. The quantitative estimate of drug-likeness (QED) is 0.493. The summed E-state index contributed by atoms with van der Waals surface area (Å²) in [6, 6.07) is 15.0. The van der Waals surface area contributed by atoms with Crippen LogP contribution in [0.4, 0.5) is 10.1 Å². The molecule has 152 valence electrons. The monoisotopic (exact) mass is 422 g/mol. The smallest absolute Gasteiger partial charge is 0.265 e. The van der Waals surface area contributed by atoms with Gasteiger partial charge in [0.1, 0.15) is 11.6 Å². The topological polar surface area (TPSA) is 76.0 Å². The molecule has 8 heteroatoms. The van der Waals surface area contributed by atoms with Crippen molar-refractivity contribution in [2.24, 2.45) is 7.05 Å². The fourth-order valence-corrected chi connectivity index (χ4v) is 3.80. The van der Waals surface area contributed by atoms with Gasteiger partial charge in [0.15, 0.2) is 0 Å². The molecule has 2 aromatic carbocycles. The Labute approximate surface area is 176 Å². The second kappa shape index (κ2) is 8.46. The summed E-state index contributed by atoms with van der Waals surface area (Å²) in [6.45, 7) is 0.326. The first-order valence-electron chi connectivity index (χ1n) is 9.36. The number of anilines is 1. The summed E-state index contributed by atoms with van der Waals surface area (Å²) < 4.78 is 15.6. The van der Waals surface area contributed by atoms with E-state index in [9.17, 15) is 14.0 Å². The maximum absolute atomic E-state index is 13.7. The SMILES string of the molecule is Cn1c(CCNC(=O)c2ccccc2F)nc2cc(NC(=O)c3cccs3)ccc21. The molecule has 2 N–H and O–H groups in total. The molecule has 0 radical (unpaired) electrons. The minimum atomic E-state index is -0.546. The second-order valence-electron chi connectivity index (χ2n) is 6.71. The fraction of sp³-hybridized carbons (Fsp3) is 0.136. The van der Waals surface area contributed by atoms with Crippen LogP contribution < -0.4 is 10.6 Å². The lowest BCUT2D eigenvalue weighted by molar-refractivity contribution is 0.0949. The number of carbonyl (C=O) groups is 2. The van der Waals surface area contributed by atoms with Crippen molar-refractivity contribution >= 4 is 39.9 Å². The highest BCUT2D eigenvalue weighted by Crippen LogP contribution is 2.21. The molecule has 0 aliphatic carbocycles. The maximum atomic E-state index is 13.7. The molecule has 2 aromatic heterocycles. The van der Waals surface area contributed by atoms with Crippen LogP contribution in [0.5, 0.6) is 0 Å². The Morgan fingerprint density at radius 1 is 1.10 bits per heavy atom. The molecular weight excluding hydrogens is 403 g/mol. The molecule has 0 bridgehead atoms. The molecule has 2 amide bonds. The number of imidazole rings is 1. The first-order valence-corrected chi connectivity index (χ1v) is 10.2. The maximum Gasteiger partial charge on any atom is 0.265 e. The summed E-state index contributed by atoms with van der Waals surface area (Å²) in [7, 11) is 1.90. The van der Waals surface area contributed by atoms with Gasteiger partial charge in [0.2, 0.25) is 0 Å². The van der Waals surface area contributed by atoms with Crippen LogP contribution in [0.2, 0.25) is 0 Å². The molecule has 2 heterocycles. The highest BCUT2D eigenvalue weighted by Gasteiger charge is 2.13. The Balaban J connectivity index is 1.43. The minimum Gasteiger partial charge on any atom is -0.351 e. The number of rotatable bonds is 6. The van der Waals surface area contributed by atoms with E-state index in [4.69, 9.17) is 0 Å². The van der Waals surface area contributed by atoms with Crippen LogP contribution in [0.25, 0.3) is 11.0 Å². The highest BCUT2D eigenvalue weighted by molar-refractivity contribution is 7.12. The standard InChI is InChI=1S/C22H19FN4O2S/c1-27-18-9-8-14(25-22(29)19-7-4-12-30-19)13-17(18)26-20(27)10-11-24-21(28)15-5-2-3-6-16(15)23/h2-9,12-13H,10-11H2,1H3,(H,24,28)(H,25,29). The van der Waals surface area contributed by atoms with Crippen LogP contribution in [0.3, 0.4) is 0 Å². The van der Waals surface area contributed by atoms with Crippen molar-refractivity contribution in [3.63, 3.8) is 0 Å². The lowest BCUT2D eigenvalue weighted by atomic mass is 10.2. The van der Waals surface area contributed by atoms with Crippen LogP contribution in [0.1, 0.15) is 25.9 Å². The van der Waals surface area contributed by atoms with Crippen LogP contribution in [0.15, 0.2) is 60.0 Å². The normalized spacial score (nSPS) is 10.9. The molecule has 0 fully saturated rings. The van der Waals surface area contributed by atoms with Gasteiger partial charge >= 0.3 is 0 Å². The summed E-state index contributed by atoms with van der Waals surface area (Å²) in [5.74, 6) is -0.378. The molecule has 0 unspecified atom stereocenters. The molecular formula is C22H19FN4O2S. The van der Waals surface area contributed by atoms with E-state index >= 15 is 0 Å². The number of benzene rings is 2. The molecule has 4 rings (SSSR count). The lowest BCUT2D eigenvalue weighted by Crippen LogP contribution is -2.27. The third-order valence-corrected chi connectivity index (χ3v) is 5.60. The van der Waals surface area contributed by atoms with Crippen molar-refractivity contribution in [2.45, 2.75) is 6.42 Å². The molecule has 6 nitrogen and oxygen atoms in total. The van der Waals surface area contributed by atoms with E-state index in [2.05, 4.69) is 15.6 Å². The van der Waals surface area contributed by atoms with Crippen molar-refractivity contribution in [1.29, 1.82) is 0 Å². The zero-order valence-electron chi connectivity index (χ0n) is 16.2. The van der Waals surface area contributed by atoms with Gasteiger partial charge in [0.05, 0.1) is 21.5 Å². The predicted molar refractivity (Wildman–Crippen MR) is 115 cm³/mol. The van der Waals surface area contributed by atoms with Crippen LogP contribution >= 0.6 is 11.3 Å². The largest absolute Gasteiger partial charge is 0.351 e. The average Bonchev–Trinajstić information content (AvgIpc) is 3.37. The Morgan fingerprint density at radius 2 is 1.93 bits per heavy atom. The molecule has 0 spiro atoms. The number of halogens is 1. The average molecular weight is 422 g/mol. The van der Waals surface area contributed by atoms with Gasteiger partial charge in [0.25, 0.3) is 11.8 Å². The van der Waals surface area contributed by atoms with E-state index < -0.39 is 11.7 Å². The summed E-state index contributed by atoms with van der Waals surface area (Å²) in [4.78, 5) is 29.6. The van der Waals surface area contributed by atoms with E-state index in [1.54, 1.807) is 18.2 Å². The van der Waals surface area contributed by atoms with Gasteiger partial charge in [-0.2, -0.15) is 0 Å². The van der Waals surface area contributed by atoms with E-state index in [-0.39, 0.29) is 11.5 Å². The highest BCUT2D eigenvalue weighted by atomic mass is 32.1. The van der Waals surface area contributed by atoms with Crippen molar-refractivity contribution < 1.29 is 14.0 Å². The molecule has 0 saturated carbocycles. The van der Waals surface area contributed by atoms with Crippen LogP contribution in [0, 0.1) is 5.82 Å². The number of nitrogens with zero attached hydrogens (tertiary/aromatic N) is 2. The number of fused-ring (bicyclic) bond motifs is 1. The van der Waals surface area contributed by atoms with Gasteiger partial charge in [-0.15, -0.1) is 11.3 Å². The zero-order valence-corrected chi connectivity index (χ0v) is 17.0. The Kier molecular flexibility index (Phi) is 5.58. The number of aryl methyl sites for hydroxylation is 1. The third kappa shape index (κ3) is 4.08. The van der Waals surface area contributed by atoms with Crippen LogP contribution in [-0.2, 0) is 13.5 Å². The summed E-state index contributed by atoms with van der Waals surface area (Å²) >= 11 is 1.38. The van der Waals surface area contributed by atoms with E-state index in [0.29, 0.717) is 23.5 Å². The van der Waals surface area contributed by atoms with Gasteiger partial charge in [0, 0.05) is 25.7 Å². The number of amides is 2. The molecule has 0 aliphatic rings. The van der Waals surface area contributed by atoms with E-state index in [1.807, 2.05) is 41.3 Å². The van der Waals surface area contributed by atoms with Gasteiger partial charge in [-0.3, -0.25) is 9.59 Å². The fourth-order valence-electron chi connectivity index (χ4n) is 3.18. The van der Waals surface area contributed by atoms with E-state index in [1.165, 1.54) is 23.5 Å². The van der Waals surface area contributed by atoms with Crippen molar-refractivity contribution in [2.75, 3.05) is 11.9 Å². The number of aromatic nitrogens is 2. The lowest BCUT2D eigenvalue weighted by Gasteiger charge is -2.06. The number of nitrogens with one attached hydrogen (secondary N) is 2. The third-order valence-electron chi connectivity index (χ3n) is 4.73. The summed E-state index contributed by atoms with van der Waals surface area (Å²) in [5.41, 5.74) is 2.35. The van der Waals surface area contributed by atoms with Crippen molar-refractivity contribution in [3.8, 4) is 0 Å². The number of hydrogen-bond donors (Lipinski definition) is 2. The first-order chi connectivity index (χ1) is 14.5. The minimum absolute atomic E-state index is 0.0219. The van der Waals surface area contributed by atoms with Gasteiger partial charge in [-0.05, 0) is 41.8 Å². The number of hydrogen-bond acceptors (Lipinski definition) is 4. The van der Waals surface area contributed by atoms with Crippen molar-refractivity contribution in [1.82, 2.24) is 14.9 Å². The van der Waals surface area contributed by atoms with Crippen molar-refractivity contribution in [3.05, 3.63) is 82.1 Å². The van der Waals surface area contributed by atoms with Gasteiger partial charge in [-0.1, -0.05) is 18.2 Å². The molecule has 0 saturated heterocycles. The Hall–Kier alpha value is -3.52. The Morgan fingerprint density at radius 3 is 2.70 bits per heavy atom.